The Bertz CT molecular complexity index is 964. The van der Waals surface area contributed by atoms with Crippen LogP contribution in [0.5, 0.6) is 5.75 Å². The monoisotopic (exact) mass is 364 g/mol. The van der Waals surface area contributed by atoms with Crippen LogP contribution in [0.2, 0.25) is 0 Å². The largest absolute Gasteiger partial charge is 0.483 e. The van der Waals surface area contributed by atoms with Crippen LogP contribution in [0.25, 0.3) is 10.8 Å². The standard InChI is InChI=1S/C21H20N2O2S/c1-14-10-11-17(12-15(14)2)22-21(26)23-20(24)13-25-19-9-5-7-16-6-3-4-8-18(16)19/h3-12H,13H2,1-2H3,(H2,22,23,24,26). The lowest BCUT2D eigenvalue weighted by Crippen LogP contribution is -2.37. The highest BCUT2D eigenvalue weighted by molar-refractivity contribution is 7.80. The van der Waals surface area contributed by atoms with Crippen LogP contribution in [0.1, 0.15) is 11.1 Å². The molecule has 26 heavy (non-hydrogen) atoms. The molecule has 0 spiro atoms. The van der Waals surface area contributed by atoms with Crippen molar-refractivity contribution < 1.29 is 9.53 Å². The number of hydrogen-bond acceptors (Lipinski definition) is 3. The molecule has 0 atom stereocenters. The number of anilines is 1. The van der Waals surface area contributed by atoms with Crippen LogP contribution < -0.4 is 15.4 Å². The van der Waals surface area contributed by atoms with Crippen molar-refractivity contribution in [3.63, 3.8) is 0 Å². The van der Waals surface area contributed by atoms with Crippen LogP contribution in [0.4, 0.5) is 5.69 Å². The van der Waals surface area contributed by atoms with Gasteiger partial charge in [0.15, 0.2) is 11.7 Å². The van der Waals surface area contributed by atoms with Gasteiger partial charge >= 0.3 is 0 Å². The molecule has 0 unspecified atom stereocenters. The van der Waals surface area contributed by atoms with Crippen molar-refractivity contribution in [3.8, 4) is 5.75 Å². The lowest BCUT2D eigenvalue weighted by Gasteiger charge is -2.12. The van der Waals surface area contributed by atoms with Gasteiger partial charge in [0, 0.05) is 11.1 Å². The number of ether oxygens (including phenoxy) is 1. The minimum absolute atomic E-state index is 0.108. The number of nitrogens with one attached hydrogen (secondary N) is 2. The predicted molar refractivity (Wildman–Crippen MR) is 110 cm³/mol. The normalized spacial score (nSPS) is 10.4. The Morgan fingerprint density at radius 3 is 2.58 bits per heavy atom. The van der Waals surface area contributed by atoms with Gasteiger partial charge in [-0.15, -0.1) is 0 Å². The summed E-state index contributed by atoms with van der Waals surface area (Å²) in [5, 5.41) is 7.94. The second-order valence-electron chi connectivity index (χ2n) is 6.07. The van der Waals surface area contributed by atoms with Gasteiger partial charge in [-0.1, -0.05) is 42.5 Å². The molecule has 0 fully saturated rings. The summed E-state index contributed by atoms with van der Waals surface area (Å²) in [6, 6.07) is 19.6. The lowest BCUT2D eigenvalue weighted by molar-refractivity contribution is -0.121. The Labute approximate surface area is 158 Å². The van der Waals surface area contributed by atoms with Gasteiger partial charge in [-0.25, -0.2) is 0 Å². The summed E-state index contributed by atoms with van der Waals surface area (Å²) in [5.41, 5.74) is 3.20. The minimum Gasteiger partial charge on any atom is -0.483 e. The van der Waals surface area contributed by atoms with Crippen LogP contribution in [-0.4, -0.2) is 17.6 Å². The van der Waals surface area contributed by atoms with Crippen molar-refractivity contribution in [2.75, 3.05) is 11.9 Å². The van der Waals surface area contributed by atoms with Crippen molar-refractivity contribution >= 4 is 39.7 Å². The van der Waals surface area contributed by atoms with E-state index in [-0.39, 0.29) is 17.6 Å². The SMILES string of the molecule is Cc1ccc(NC(=S)NC(=O)COc2cccc3ccccc23)cc1C. The second-order valence-corrected chi connectivity index (χ2v) is 6.48. The van der Waals surface area contributed by atoms with Crippen molar-refractivity contribution in [1.82, 2.24) is 5.32 Å². The van der Waals surface area contributed by atoms with Gasteiger partial charge < -0.3 is 10.1 Å². The molecule has 3 aromatic rings. The van der Waals surface area contributed by atoms with E-state index in [4.69, 9.17) is 17.0 Å². The molecule has 2 N–H and O–H groups in total. The maximum absolute atomic E-state index is 12.1. The Morgan fingerprint density at radius 2 is 1.77 bits per heavy atom. The molecular formula is C21H20N2O2S. The number of carbonyl (C=O) groups excluding carboxylic acids is 1. The van der Waals surface area contributed by atoms with E-state index in [9.17, 15) is 4.79 Å². The molecule has 4 nitrogen and oxygen atoms in total. The van der Waals surface area contributed by atoms with Crippen LogP contribution in [0.15, 0.2) is 60.7 Å². The number of benzene rings is 3. The number of hydrogen-bond donors (Lipinski definition) is 2. The molecule has 3 rings (SSSR count). The molecule has 0 saturated carbocycles. The summed E-state index contributed by atoms with van der Waals surface area (Å²) in [4.78, 5) is 12.1. The molecule has 0 aliphatic rings. The average Bonchev–Trinajstić information content (AvgIpc) is 2.63. The molecule has 132 valence electrons. The summed E-state index contributed by atoms with van der Waals surface area (Å²) < 4.78 is 5.67. The van der Waals surface area contributed by atoms with E-state index in [1.54, 1.807) is 0 Å². The summed E-state index contributed by atoms with van der Waals surface area (Å²) >= 11 is 5.20. The Balaban J connectivity index is 1.56. The van der Waals surface area contributed by atoms with Gasteiger partial charge in [0.05, 0.1) is 0 Å². The summed E-state index contributed by atoms with van der Waals surface area (Å²) in [5.74, 6) is 0.366. The summed E-state index contributed by atoms with van der Waals surface area (Å²) in [6.07, 6.45) is 0. The third-order valence-corrected chi connectivity index (χ3v) is 4.33. The van der Waals surface area contributed by atoms with Gasteiger partial charge in [0.2, 0.25) is 0 Å². The Kier molecular flexibility index (Phi) is 5.49. The number of carbonyl (C=O) groups is 1. The Hall–Kier alpha value is -2.92. The molecule has 0 bridgehead atoms. The first-order valence-corrected chi connectivity index (χ1v) is 8.72. The topological polar surface area (TPSA) is 50.4 Å². The van der Waals surface area contributed by atoms with Crippen LogP contribution in [0.3, 0.4) is 0 Å². The fourth-order valence-electron chi connectivity index (χ4n) is 2.61. The quantitative estimate of drug-likeness (QED) is 0.676. The lowest BCUT2D eigenvalue weighted by atomic mass is 10.1. The highest BCUT2D eigenvalue weighted by atomic mass is 32.1. The van der Waals surface area contributed by atoms with E-state index in [1.165, 1.54) is 5.56 Å². The number of aryl methyl sites for hydroxylation is 2. The van der Waals surface area contributed by atoms with E-state index < -0.39 is 0 Å². The van der Waals surface area contributed by atoms with Crippen LogP contribution in [-0.2, 0) is 4.79 Å². The fourth-order valence-corrected chi connectivity index (χ4v) is 2.84. The first-order chi connectivity index (χ1) is 12.5. The zero-order chi connectivity index (χ0) is 18.5. The maximum atomic E-state index is 12.1. The molecule has 0 aliphatic carbocycles. The molecule has 3 aromatic carbocycles. The number of rotatable bonds is 4. The zero-order valence-corrected chi connectivity index (χ0v) is 15.5. The molecule has 0 saturated heterocycles. The maximum Gasteiger partial charge on any atom is 0.264 e. The second kappa shape index (κ2) is 7.97. The first-order valence-electron chi connectivity index (χ1n) is 8.31. The van der Waals surface area contributed by atoms with Gasteiger partial charge in [-0.2, -0.15) is 0 Å². The van der Waals surface area contributed by atoms with E-state index in [0.29, 0.717) is 5.75 Å². The molecule has 0 radical (unpaired) electrons. The highest BCUT2D eigenvalue weighted by Gasteiger charge is 2.08. The molecule has 0 heterocycles. The molecule has 1 amide bonds. The Morgan fingerprint density at radius 1 is 1.00 bits per heavy atom. The van der Waals surface area contributed by atoms with Gasteiger partial charge in [0.1, 0.15) is 5.75 Å². The number of amides is 1. The highest BCUT2D eigenvalue weighted by Crippen LogP contribution is 2.24. The molecular weight excluding hydrogens is 344 g/mol. The van der Waals surface area contributed by atoms with E-state index >= 15 is 0 Å². The average molecular weight is 364 g/mol. The molecule has 0 aliphatic heterocycles. The third-order valence-electron chi connectivity index (χ3n) is 4.13. The molecule has 0 aromatic heterocycles. The van der Waals surface area contributed by atoms with E-state index in [2.05, 4.69) is 10.6 Å². The van der Waals surface area contributed by atoms with Crippen molar-refractivity contribution in [2.45, 2.75) is 13.8 Å². The van der Waals surface area contributed by atoms with Gasteiger partial charge in [-0.3, -0.25) is 10.1 Å². The van der Waals surface area contributed by atoms with Crippen molar-refractivity contribution in [1.29, 1.82) is 0 Å². The molecule has 5 heteroatoms. The third kappa shape index (κ3) is 4.37. The summed E-state index contributed by atoms with van der Waals surface area (Å²) in [7, 11) is 0. The zero-order valence-electron chi connectivity index (χ0n) is 14.7. The predicted octanol–water partition coefficient (Wildman–Crippen LogP) is 4.35. The van der Waals surface area contributed by atoms with Crippen molar-refractivity contribution in [2.24, 2.45) is 0 Å². The number of thiocarbonyl (C=S) groups is 1. The van der Waals surface area contributed by atoms with Gasteiger partial charge in [-0.05, 0) is 60.8 Å². The minimum atomic E-state index is -0.306. The van der Waals surface area contributed by atoms with E-state index in [1.807, 2.05) is 74.5 Å². The summed E-state index contributed by atoms with van der Waals surface area (Å²) in [6.45, 7) is 3.97. The smallest absolute Gasteiger partial charge is 0.264 e. The van der Waals surface area contributed by atoms with Crippen LogP contribution >= 0.6 is 12.2 Å². The van der Waals surface area contributed by atoms with E-state index in [0.717, 1.165) is 22.0 Å². The number of fused-ring (bicyclic) bond motifs is 1. The van der Waals surface area contributed by atoms with Crippen LogP contribution in [0, 0.1) is 13.8 Å². The fraction of sp³-hybridized carbons (Fsp3) is 0.143. The van der Waals surface area contributed by atoms with Crippen molar-refractivity contribution in [3.05, 3.63) is 71.8 Å². The first kappa shape index (κ1) is 17.9. The van der Waals surface area contributed by atoms with Gasteiger partial charge in [0.25, 0.3) is 5.91 Å².